The summed E-state index contributed by atoms with van der Waals surface area (Å²) in [6.07, 6.45) is 6.74. The monoisotopic (exact) mass is 445 g/mol. The Morgan fingerprint density at radius 2 is 1.69 bits per heavy atom. The molecule has 0 saturated carbocycles. The van der Waals surface area contributed by atoms with Gasteiger partial charge < -0.3 is 24.4 Å². The Labute approximate surface area is 192 Å². The number of hydrogen-bond donors (Lipinski definition) is 1. The first-order valence-corrected chi connectivity index (χ1v) is 12.2. The first-order chi connectivity index (χ1) is 15.6. The van der Waals surface area contributed by atoms with E-state index in [1.54, 1.807) is 14.2 Å². The van der Waals surface area contributed by atoms with Crippen molar-refractivity contribution in [2.75, 3.05) is 53.6 Å². The molecule has 1 amide bonds. The molecule has 178 valence electrons. The topological polar surface area (TPSA) is 63.3 Å². The summed E-state index contributed by atoms with van der Waals surface area (Å²) >= 11 is 0. The Hall–Kier alpha value is -1.83. The highest BCUT2D eigenvalue weighted by atomic mass is 16.5. The van der Waals surface area contributed by atoms with Crippen LogP contribution < -0.4 is 14.8 Å². The Kier molecular flexibility index (Phi) is 8.27. The van der Waals surface area contributed by atoms with E-state index >= 15 is 0 Å². The van der Waals surface area contributed by atoms with Crippen LogP contribution in [0.2, 0.25) is 0 Å². The number of carbonyl (C=O) groups is 1. The van der Waals surface area contributed by atoms with Gasteiger partial charge in [0.1, 0.15) is 11.5 Å². The third-order valence-electron chi connectivity index (χ3n) is 7.32. The summed E-state index contributed by atoms with van der Waals surface area (Å²) in [7, 11) is 3.39. The van der Waals surface area contributed by atoms with Crippen LogP contribution in [0.4, 0.5) is 0 Å². The van der Waals surface area contributed by atoms with E-state index in [1.807, 2.05) is 6.07 Å². The van der Waals surface area contributed by atoms with Gasteiger partial charge in [-0.2, -0.15) is 0 Å². The molecule has 7 heteroatoms. The summed E-state index contributed by atoms with van der Waals surface area (Å²) in [6.45, 7) is 6.72. The molecular weight excluding hydrogens is 406 g/mol. The Morgan fingerprint density at radius 1 is 1.00 bits per heavy atom. The first-order valence-electron chi connectivity index (χ1n) is 12.2. The highest BCUT2D eigenvalue weighted by Crippen LogP contribution is 2.27. The molecule has 3 aliphatic heterocycles. The average Bonchev–Trinajstić information content (AvgIpc) is 3.36. The van der Waals surface area contributed by atoms with Crippen molar-refractivity contribution in [3.63, 3.8) is 0 Å². The number of ether oxygens (including phenoxy) is 3. The number of carbonyl (C=O) groups excluding carboxylic acids is 1. The van der Waals surface area contributed by atoms with Gasteiger partial charge in [0.15, 0.2) is 0 Å². The number of benzene rings is 1. The van der Waals surface area contributed by atoms with Crippen LogP contribution in [0.5, 0.6) is 11.5 Å². The lowest BCUT2D eigenvalue weighted by Crippen LogP contribution is -2.49. The van der Waals surface area contributed by atoms with E-state index in [-0.39, 0.29) is 17.9 Å². The largest absolute Gasteiger partial charge is 0.497 e. The SMILES string of the molecule is COc1cc(CN2CCC(N3CCC(C(=O)NC[C@H]4CCCO4)CC3)CC2)cc(OC)c1. The second-order valence-electron chi connectivity index (χ2n) is 9.42. The van der Waals surface area contributed by atoms with Crippen LogP contribution in [-0.2, 0) is 16.1 Å². The van der Waals surface area contributed by atoms with Crippen LogP contribution in [-0.4, -0.2) is 81.4 Å². The van der Waals surface area contributed by atoms with Crippen molar-refractivity contribution < 1.29 is 19.0 Å². The van der Waals surface area contributed by atoms with Gasteiger partial charge in [-0.1, -0.05) is 0 Å². The number of methoxy groups -OCH3 is 2. The lowest BCUT2D eigenvalue weighted by Gasteiger charge is -2.41. The molecule has 0 radical (unpaired) electrons. The van der Waals surface area contributed by atoms with E-state index in [0.29, 0.717) is 12.6 Å². The van der Waals surface area contributed by atoms with Gasteiger partial charge in [0.25, 0.3) is 0 Å². The number of nitrogens with zero attached hydrogens (tertiary/aromatic N) is 2. The molecule has 32 heavy (non-hydrogen) atoms. The Morgan fingerprint density at radius 3 is 2.28 bits per heavy atom. The molecule has 0 aromatic heterocycles. The summed E-state index contributed by atoms with van der Waals surface area (Å²) in [5, 5.41) is 3.13. The van der Waals surface area contributed by atoms with Crippen molar-refractivity contribution >= 4 is 5.91 Å². The molecule has 0 bridgehead atoms. The number of rotatable bonds is 8. The smallest absolute Gasteiger partial charge is 0.223 e. The molecule has 1 N–H and O–H groups in total. The van der Waals surface area contributed by atoms with Crippen LogP contribution in [0.15, 0.2) is 18.2 Å². The van der Waals surface area contributed by atoms with E-state index in [0.717, 1.165) is 76.5 Å². The molecule has 4 rings (SSSR count). The highest BCUT2D eigenvalue weighted by Gasteiger charge is 2.31. The van der Waals surface area contributed by atoms with Crippen molar-refractivity contribution in [1.29, 1.82) is 0 Å². The van der Waals surface area contributed by atoms with Gasteiger partial charge in [0.05, 0.1) is 20.3 Å². The summed E-state index contributed by atoms with van der Waals surface area (Å²) in [6, 6.07) is 6.76. The lowest BCUT2D eigenvalue weighted by atomic mass is 9.92. The first kappa shape index (κ1) is 23.3. The fourth-order valence-corrected chi connectivity index (χ4v) is 5.35. The maximum atomic E-state index is 12.5. The molecule has 1 aromatic carbocycles. The molecule has 1 aromatic rings. The van der Waals surface area contributed by atoms with E-state index in [2.05, 4.69) is 27.2 Å². The lowest BCUT2D eigenvalue weighted by molar-refractivity contribution is -0.127. The molecule has 0 unspecified atom stereocenters. The molecule has 7 nitrogen and oxygen atoms in total. The number of piperidine rings is 2. The van der Waals surface area contributed by atoms with Crippen LogP contribution in [0.3, 0.4) is 0 Å². The zero-order valence-electron chi connectivity index (χ0n) is 19.7. The van der Waals surface area contributed by atoms with E-state index in [4.69, 9.17) is 14.2 Å². The predicted octanol–water partition coefficient (Wildman–Crippen LogP) is 2.68. The van der Waals surface area contributed by atoms with Gasteiger partial charge in [-0.15, -0.1) is 0 Å². The van der Waals surface area contributed by atoms with E-state index in [9.17, 15) is 4.79 Å². The van der Waals surface area contributed by atoms with E-state index < -0.39 is 0 Å². The quantitative estimate of drug-likeness (QED) is 0.664. The second-order valence-corrected chi connectivity index (χ2v) is 9.42. The third kappa shape index (κ3) is 6.15. The van der Waals surface area contributed by atoms with Gasteiger partial charge in [-0.05, 0) is 82.4 Å². The van der Waals surface area contributed by atoms with Crippen LogP contribution in [0, 0.1) is 5.92 Å². The molecule has 1 atom stereocenters. The normalized spacial score (nSPS) is 23.9. The van der Waals surface area contributed by atoms with Gasteiger partial charge in [0.2, 0.25) is 5.91 Å². The van der Waals surface area contributed by atoms with Gasteiger partial charge in [0, 0.05) is 37.7 Å². The van der Waals surface area contributed by atoms with Gasteiger partial charge >= 0.3 is 0 Å². The van der Waals surface area contributed by atoms with Crippen molar-refractivity contribution in [3.05, 3.63) is 23.8 Å². The summed E-state index contributed by atoms with van der Waals surface area (Å²) < 4.78 is 16.4. The molecular formula is C25H39N3O4. The number of nitrogens with one attached hydrogen (secondary N) is 1. The third-order valence-corrected chi connectivity index (χ3v) is 7.32. The minimum Gasteiger partial charge on any atom is -0.497 e. The number of likely N-dealkylation sites (tertiary alicyclic amines) is 2. The van der Waals surface area contributed by atoms with Crippen molar-refractivity contribution in [3.8, 4) is 11.5 Å². The number of amides is 1. The fraction of sp³-hybridized carbons (Fsp3) is 0.720. The zero-order valence-corrected chi connectivity index (χ0v) is 19.7. The van der Waals surface area contributed by atoms with Crippen molar-refractivity contribution in [2.24, 2.45) is 5.92 Å². The fourth-order valence-electron chi connectivity index (χ4n) is 5.35. The molecule has 0 spiro atoms. The second kappa shape index (κ2) is 11.3. The molecule has 3 heterocycles. The Balaban J connectivity index is 1.18. The molecule has 0 aliphatic carbocycles. The summed E-state index contributed by atoms with van der Waals surface area (Å²) in [4.78, 5) is 17.7. The maximum Gasteiger partial charge on any atom is 0.223 e. The minimum absolute atomic E-state index is 0.163. The van der Waals surface area contributed by atoms with Crippen LogP contribution >= 0.6 is 0 Å². The summed E-state index contributed by atoms with van der Waals surface area (Å²) in [5.74, 6) is 2.08. The Bertz CT molecular complexity index is 714. The van der Waals surface area contributed by atoms with Gasteiger partial charge in [-0.25, -0.2) is 0 Å². The summed E-state index contributed by atoms with van der Waals surface area (Å²) in [5.41, 5.74) is 1.23. The predicted molar refractivity (Wildman–Crippen MR) is 124 cm³/mol. The zero-order chi connectivity index (χ0) is 22.3. The molecule has 3 fully saturated rings. The maximum absolute atomic E-state index is 12.5. The molecule has 3 saturated heterocycles. The standard InChI is InChI=1S/C25H39N3O4/c1-30-23-14-19(15-24(16-23)31-2)18-27-9-7-21(8-10-27)28-11-5-20(6-12-28)25(29)26-17-22-4-3-13-32-22/h14-16,20-22H,3-13,17-18H2,1-2H3,(H,26,29)/t22-/m1/s1. The highest BCUT2D eigenvalue weighted by molar-refractivity contribution is 5.78. The minimum atomic E-state index is 0.163. The van der Waals surface area contributed by atoms with Gasteiger partial charge in [-0.3, -0.25) is 9.69 Å². The van der Waals surface area contributed by atoms with Crippen LogP contribution in [0.25, 0.3) is 0 Å². The van der Waals surface area contributed by atoms with E-state index in [1.165, 1.54) is 18.4 Å². The van der Waals surface area contributed by atoms with Crippen molar-refractivity contribution in [2.45, 2.75) is 57.2 Å². The number of hydrogen-bond acceptors (Lipinski definition) is 6. The molecule has 3 aliphatic rings. The average molecular weight is 446 g/mol. The van der Waals surface area contributed by atoms with Crippen molar-refractivity contribution in [1.82, 2.24) is 15.1 Å². The van der Waals surface area contributed by atoms with Crippen LogP contribution in [0.1, 0.15) is 44.1 Å².